The van der Waals surface area contributed by atoms with Crippen molar-refractivity contribution in [1.82, 2.24) is 0 Å². The van der Waals surface area contributed by atoms with Crippen LogP contribution in [0, 0.1) is 24.2 Å². The highest BCUT2D eigenvalue weighted by Gasteiger charge is 2.33. The van der Waals surface area contributed by atoms with E-state index in [2.05, 4.69) is 66.7 Å². The fourth-order valence-corrected chi connectivity index (χ4v) is 4.78. The van der Waals surface area contributed by atoms with Gasteiger partial charge in [0.15, 0.2) is 0 Å². The van der Waals surface area contributed by atoms with Crippen molar-refractivity contribution >= 4 is 17.4 Å². The van der Waals surface area contributed by atoms with Gasteiger partial charge in [-0.25, -0.2) is 0 Å². The van der Waals surface area contributed by atoms with Crippen LogP contribution in [-0.4, -0.2) is 30.0 Å². The van der Waals surface area contributed by atoms with Crippen molar-refractivity contribution in [3.05, 3.63) is 45.3 Å². The number of allylic oxidation sites excluding steroid dienone is 7. The Bertz CT molecular complexity index is 879. The summed E-state index contributed by atoms with van der Waals surface area (Å²) in [7, 11) is 2.15. The number of halogens is 1. The topological polar surface area (TPSA) is 38.4 Å². The lowest BCUT2D eigenvalue weighted by Crippen LogP contribution is -2.49. The maximum Gasteiger partial charge on any atom is 0.230 e. The summed E-state index contributed by atoms with van der Waals surface area (Å²) in [5.74, 6) is 5.07. The summed E-state index contributed by atoms with van der Waals surface area (Å²) < 4.78 is 0.541. The van der Waals surface area contributed by atoms with Crippen LogP contribution in [0.2, 0.25) is 0 Å². The Labute approximate surface area is 195 Å². The SMILES string of the molecule is C#CC[N+](C)(C1=CC(C2=C(Cl)C(C(C)CC)=CCCC2)=C(C)CC(C)C(N)=N1)C(C)C. The highest BCUT2D eigenvalue weighted by atomic mass is 35.5. The van der Waals surface area contributed by atoms with E-state index >= 15 is 0 Å². The van der Waals surface area contributed by atoms with Crippen molar-refractivity contribution in [3.8, 4) is 12.3 Å². The largest absolute Gasteiger partial charge is 0.387 e. The van der Waals surface area contributed by atoms with Gasteiger partial charge in [-0.15, -0.1) is 6.42 Å². The minimum absolute atomic E-state index is 0.167. The molecule has 0 saturated heterocycles. The van der Waals surface area contributed by atoms with Gasteiger partial charge in [-0.1, -0.05) is 44.0 Å². The Kier molecular flexibility index (Phi) is 8.81. The van der Waals surface area contributed by atoms with Crippen LogP contribution in [0.1, 0.15) is 73.6 Å². The Hall–Kier alpha value is -1.76. The van der Waals surface area contributed by atoms with Crippen LogP contribution in [-0.2, 0) is 0 Å². The molecular formula is C27H41ClN3+. The molecule has 2 N–H and O–H groups in total. The summed E-state index contributed by atoms with van der Waals surface area (Å²) in [4.78, 5) is 4.95. The summed E-state index contributed by atoms with van der Waals surface area (Å²) in [5.41, 5.74) is 11.5. The summed E-state index contributed by atoms with van der Waals surface area (Å²) in [6.07, 6.45) is 15.5. The minimum atomic E-state index is 0.167. The Morgan fingerprint density at radius 1 is 1.35 bits per heavy atom. The molecule has 3 unspecified atom stereocenters. The Morgan fingerprint density at radius 2 is 2.03 bits per heavy atom. The van der Waals surface area contributed by atoms with Gasteiger partial charge in [0.1, 0.15) is 12.4 Å². The molecule has 0 bridgehead atoms. The van der Waals surface area contributed by atoms with E-state index in [1.54, 1.807) is 0 Å². The van der Waals surface area contributed by atoms with Crippen LogP contribution in [0.3, 0.4) is 0 Å². The van der Waals surface area contributed by atoms with Crippen molar-refractivity contribution in [3.63, 3.8) is 0 Å². The predicted octanol–water partition coefficient (Wildman–Crippen LogP) is 6.68. The van der Waals surface area contributed by atoms with Crippen LogP contribution in [0.25, 0.3) is 0 Å². The number of nitrogens with two attached hydrogens (primary N) is 1. The molecule has 0 aromatic carbocycles. The van der Waals surface area contributed by atoms with Crippen molar-refractivity contribution in [2.75, 3.05) is 13.6 Å². The molecule has 1 heterocycles. The van der Waals surface area contributed by atoms with Gasteiger partial charge in [-0.2, -0.15) is 4.99 Å². The van der Waals surface area contributed by atoms with Gasteiger partial charge in [0.25, 0.3) is 0 Å². The average molecular weight is 443 g/mol. The quantitative estimate of drug-likeness (QED) is 0.361. The fraction of sp³-hybridized carbons (Fsp3) is 0.593. The maximum absolute atomic E-state index is 7.12. The smallest absolute Gasteiger partial charge is 0.230 e. The second-order valence-corrected chi connectivity index (χ2v) is 10.1. The van der Waals surface area contributed by atoms with Gasteiger partial charge in [-0.05, 0) is 81.4 Å². The molecule has 2 aliphatic rings. The average Bonchev–Trinajstić information content (AvgIpc) is 2.90. The summed E-state index contributed by atoms with van der Waals surface area (Å²) in [5, 5.41) is 0.928. The molecule has 0 aromatic rings. The van der Waals surface area contributed by atoms with Crippen molar-refractivity contribution in [1.29, 1.82) is 0 Å². The number of amidine groups is 1. The number of aliphatic imine (C=N–C) groups is 1. The molecule has 1 aliphatic heterocycles. The zero-order valence-electron chi connectivity index (χ0n) is 20.6. The lowest BCUT2D eigenvalue weighted by Gasteiger charge is -2.37. The number of terminal acetylenes is 1. The van der Waals surface area contributed by atoms with E-state index in [9.17, 15) is 0 Å². The van der Waals surface area contributed by atoms with E-state index < -0.39 is 0 Å². The number of nitrogens with zero attached hydrogens (tertiary/aromatic N) is 2. The second kappa shape index (κ2) is 10.7. The van der Waals surface area contributed by atoms with Gasteiger partial charge in [0.2, 0.25) is 5.82 Å². The minimum Gasteiger partial charge on any atom is -0.387 e. The molecule has 1 aliphatic carbocycles. The molecule has 0 aromatic heterocycles. The maximum atomic E-state index is 7.12. The second-order valence-electron chi connectivity index (χ2n) is 9.72. The molecule has 0 amide bonds. The Morgan fingerprint density at radius 3 is 2.61 bits per heavy atom. The fourth-order valence-electron chi connectivity index (χ4n) is 4.33. The lowest BCUT2D eigenvalue weighted by atomic mass is 9.88. The Balaban J connectivity index is 2.78. The monoisotopic (exact) mass is 442 g/mol. The standard InChI is InChI=1S/C27H41ClN3/c1-9-15-31(8,18(3)4)25-17-24(20(6)16-21(7)27(29)30-25)23-14-12-11-13-22(26(23)28)19(5)10-2/h1,13,17-19,21H,10-12,14-16H2,2-8H3,(H2,29,30)/q+1. The lowest BCUT2D eigenvalue weighted by molar-refractivity contribution is -0.887. The first kappa shape index (κ1) is 25.5. The number of hydrogen-bond donors (Lipinski definition) is 1. The highest BCUT2D eigenvalue weighted by molar-refractivity contribution is 6.32. The predicted molar refractivity (Wildman–Crippen MR) is 135 cm³/mol. The number of quaternary nitrogens is 1. The third-order valence-corrected chi connectivity index (χ3v) is 7.61. The first-order valence-corrected chi connectivity index (χ1v) is 12.1. The van der Waals surface area contributed by atoms with Gasteiger partial charge in [-0.3, -0.25) is 4.48 Å². The van der Waals surface area contributed by atoms with Crippen LogP contribution in [0.4, 0.5) is 0 Å². The number of hydrogen-bond acceptors (Lipinski definition) is 2. The molecule has 0 fully saturated rings. The molecule has 4 heteroatoms. The van der Waals surface area contributed by atoms with E-state index in [1.165, 1.54) is 22.3 Å². The molecule has 0 spiro atoms. The van der Waals surface area contributed by atoms with E-state index in [1.807, 2.05) is 0 Å². The molecular weight excluding hydrogens is 402 g/mol. The third kappa shape index (κ3) is 5.54. The normalized spacial score (nSPS) is 23.7. The van der Waals surface area contributed by atoms with E-state index in [0.29, 0.717) is 22.8 Å². The van der Waals surface area contributed by atoms with Gasteiger partial charge in [0.05, 0.1) is 13.1 Å². The molecule has 170 valence electrons. The zero-order valence-corrected chi connectivity index (χ0v) is 21.3. The van der Waals surface area contributed by atoms with Crippen LogP contribution >= 0.6 is 11.6 Å². The number of rotatable bonds is 6. The third-order valence-electron chi connectivity index (χ3n) is 7.16. The molecule has 2 rings (SSSR count). The van der Waals surface area contributed by atoms with E-state index in [4.69, 9.17) is 28.8 Å². The summed E-state index contributed by atoms with van der Waals surface area (Å²) in [6.45, 7) is 13.8. The molecule has 0 saturated carbocycles. The highest BCUT2D eigenvalue weighted by Crippen LogP contribution is 2.40. The van der Waals surface area contributed by atoms with Crippen LogP contribution in [0.15, 0.2) is 50.3 Å². The first-order chi connectivity index (χ1) is 14.6. The summed E-state index contributed by atoms with van der Waals surface area (Å²) >= 11 is 7.12. The zero-order chi connectivity index (χ0) is 23.3. The van der Waals surface area contributed by atoms with E-state index in [-0.39, 0.29) is 12.0 Å². The van der Waals surface area contributed by atoms with Crippen molar-refractivity contribution < 1.29 is 4.48 Å². The van der Waals surface area contributed by atoms with Crippen LogP contribution in [0.5, 0.6) is 0 Å². The summed E-state index contributed by atoms with van der Waals surface area (Å²) in [6, 6.07) is 0.268. The molecule has 0 radical (unpaired) electrons. The van der Waals surface area contributed by atoms with Gasteiger partial charge < -0.3 is 5.73 Å². The van der Waals surface area contributed by atoms with E-state index in [0.717, 1.165) is 43.0 Å². The molecule has 3 nitrogen and oxygen atoms in total. The molecule has 3 atom stereocenters. The molecule has 31 heavy (non-hydrogen) atoms. The van der Waals surface area contributed by atoms with Gasteiger partial charge in [0, 0.05) is 17.0 Å². The van der Waals surface area contributed by atoms with Crippen LogP contribution < -0.4 is 5.73 Å². The van der Waals surface area contributed by atoms with Gasteiger partial charge >= 0.3 is 0 Å². The van der Waals surface area contributed by atoms with Crippen molar-refractivity contribution in [2.45, 2.75) is 79.7 Å². The first-order valence-electron chi connectivity index (χ1n) is 11.7. The van der Waals surface area contributed by atoms with Crippen molar-refractivity contribution in [2.24, 2.45) is 22.6 Å².